The number of hydrazine groups is 1. The Labute approximate surface area is 115 Å². The molecular weight excluding hydrogens is 273 g/mol. The Kier molecular flexibility index (Phi) is 4.06. The number of halogens is 2. The van der Waals surface area contributed by atoms with Gasteiger partial charge in [0.05, 0.1) is 10.0 Å². The first-order valence-corrected chi connectivity index (χ1v) is 6.12. The van der Waals surface area contributed by atoms with E-state index in [1.165, 1.54) is 0 Å². The van der Waals surface area contributed by atoms with E-state index in [4.69, 9.17) is 23.2 Å². The van der Waals surface area contributed by atoms with Crippen LogP contribution in [-0.4, -0.2) is 25.5 Å². The Bertz CT molecular complexity index is 512. The SMILES string of the molecule is CNNC1=NCN(c2ccc(Cl)c(Cl)c2)C(C)=N1. The van der Waals surface area contributed by atoms with E-state index >= 15 is 0 Å². The largest absolute Gasteiger partial charge is 0.310 e. The van der Waals surface area contributed by atoms with E-state index in [1.807, 2.05) is 17.9 Å². The van der Waals surface area contributed by atoms with E-state index < -0.39 is 0 Å². The molecule has 1 aromatic rings. The maximum atomic E-state index is 6.00. The summed E-state index contributed by atoms with van der Waals surface area (Å²) < 4.78 is 0. The zero-order valence-electron chi connectivity index (χ0n) is 10.0. The summed E-state index contributed by atoms with van der Waals surface area (Å²) in [6.07, 6.45) is 0. The lowest BCUT2D eigenvalue weighted by Gasteiger charge is -2.26. The second kappa shape index (κ2) is 5.56. The van der Waals surface area contributed by atoms with Crippen molar-refractivity contribution in [3.63, 3.8) is 0 Å². The van der Waals surface area contributed by atoms with Gasteiger partial charge in [-0.2, -0.15) is 4.99 Å². The zero-order valence-corrected chi connectivity index (χ0v) is 11.5. The molecule has 7 heteroatoms. The van der Waals surface area contributed by atoms with Crippen molar-refractivity contribution in [3.8, 4) is 0 Å². The van der Waals surface area contributed by atoms with Crippen LogP contribution in [0.4, 0.5) is 5.69 Å². The first kappa shape index (κ1) is 13.1. The van der Waals surface area contributed by atoms with E-state index in [9.17, 15) is 0 Å². The molecular formula is C11H13Cl2N5. The minimum Gasteiger partial charge on any atom is -0.310 e. The average Bonchev–Trinajstić information content (AvgIpc) is 2.34. The summed E-state index contributed by atoms with van der Waals surface area (Å²) in [5.41, 5.74) is 6.54. The van der Waals surface area contributed by atoms with Gasteiger partial charge >= 0.3 is 0 Å². The standard InChI is InChI=1S/C11H13Cl2N5/c1-7-16-11(17-14-2)15-6-18(7)8-3-4-9(12)10(13)5-8/h3-5,14H,6H2,1-2H3,(H,15,17). The summed E-state index contributed by atoms with van der Waals surface area (Å²) in [6.45, 7) is 2.39. The van der Waals surface area contributed by atoms with Gasteiger partial charge in [-0.3, -0.25) is 5.43 Å². The summed E-state index contributed by atoms with van der Waals surface area (Å²) in [6, 6.07) is 5.45. The summed E-state index contributed by atoms with van der Waals surface area (Å²) >= 11 is 11.9. The third kappa shape index (κ3) is 2.75. The van der Waals surface area contributed by atoms with Crippen molar-refractivity contribution in [2.75, 3.05) is 18.6 Å². The van der Waals surface area contributed by atoms with Crippen molar-refractivity contribution in [2.45, 2.75) is 6.92 Å². The van der Waals surface area contributed by atoms with Crippen LogP contribution in [0.3, 0.4) is 0 Å². The van der Waals surface area contributed by atoms with Gasteiger partial charge in [-0.15, -0.1) is 0 Å². The second-order valence-corrected chi connectivity index (χ2v) is 4.50. The summed E-state index contributed by atoms with van der Waals surface area (Å²) in [7, 11) is 1.76. The van der Waals surface area contributed by atoms with E-state index in [-0.39, 0.29) is 0 Å². The molecule has 0 aromatic heterocycles. The van der Waals surface area contributed by atoms with E-state index in [2.05, 4.69) is 20.8 Å². The monoisotopic (exact) mass is 285 g/mol. The van der Waals surface area contributed by atoms with Gasteiger partial charge in [0.1, 0.15) is 12.5 Å². The van der Waals surface area contributed by atoms with Crippen molar-refractivity contribution in [1.82, 2.24) is 10.9 Å². The minimum absolute atomic E-state index is 0.483. The lowest BCUT2D eigenvalue weighted by atomic mass is 10.3. The number of aliphatic imine (C=N–C) groups is 2. The van der Waals surface area contributed by atoms with E-state index in [0.717, 1.165) is 11.5 Å². The summed E-state index contributed by atoms with van der Waals surface area (Å²) in [5.74, 6) is 1.40. The number of hydrogen-bond acceptors (Lipinski definition) is 5. The normalized spacial score (nSPS) is 15.2. The van der Waals surface area contributed by atoms with Gasteiger partial charge in [0.2, 0.25) is 5.96 Å². The van der Waals surface area contributed by atoms with Gasteiger partial charge in [-0.1, -0.05) is 23.2 Å². The highest BCUT2D eigenvalue weighted by Gasteiger charge is 2.15. The topological polar surface area (TPSA) is 52.0 Å². The Hall–Kier alpha value is -1.30. The minimum atomic E-state index is 0.483. The van der Waals surface area contributed by atoms with Gasteiger partial charge in [0.15, 0.2) is 0 Å². The highest BCUT2D eigenvalue weighted by atomic mass is 35.5. The molecule has 0 saturated heterocycles. The molecule has 0 saturated carbocycles. The molecule has 2 N–H and O–H groups in total. The van der Waals surface area contributed by atoms with Crippen LogP contribution in [0.5, 0.6) is 0 Å². The van der Waals surface area contributed by atoms with Crippen LogP contribution >= 0.6 is 23.2 Å². The molecule has 0 radical (unpaired) electrons. The zero-order chi connectivity index (χ0) is 13.1. The van der Waals surface area contributed by atoms with Gasteiger partial charge in [0.25, 0.3) is 0 Å². The Morgan fingerprint density at radius 3 is 2.67 bits per heavy atom. The molecule has 1 aliphatic heterocycles. The van der Waals surface area contributed by atoms with Crippen molar-refractivity contribution in [3.05, 3.63) is 28.2 Å². The smallest absolute Gasteiger partial charge is 0.236 e. The molecule has 1 aliphatic rings. The van der Waals surface area contributed by atoms with E-state index in [0.29, 0.717) is 22.7 Å². The van der Waals surface area contributed by atoms with Crippen LogP contribution in [0, 0.1) is 0 Å². The molecule has 0 amide bonds. The highest BCUT2D eigenvalue weighted by Crippen LogP contribution is 2.27. The Balaban J connectivity index is 2.21. The molecule has 0 fully saturated rings. The fourth-order valence-electron chi connectivity index (χ4n) is 1.59. The van der Waals surface area contributed by atoms with Crippen LogP contribution in [-0.2, 0) is 0 Å². The third-order valence-corrected chi connectivity index (χ3v) is 3.21. The lowest BCUT2D eigenvalue weighted by Crippen LogP contribution is -2.40. The molecule has 18 heavy (non-hydrogen) atoms. The van der Waals surface area contributed by atoms with Crippen LogP contribution in [0.15, 0.2) is 28.2 Å². The van der Waals surface area contributed by atoms with E-state index in [1.54, 1.807) is 19.2 Å². The molecule has 0 aliphatic carbocycles. The lowest BCUT2D eigenvalue weighted by molar-refractivity contribution is 0.750. The van der Waals surface area contributed by atoms with Gasteiger partial charge in [-0.05, 0) is 25.1 Å². The van der Waals surface area contributed by atoms with Crippen LogP contribution in [0.2, 0.25) is 10.0 Å². The molecule has 0 atom stereocenters. The number of nitrogens with one attached hydrogen (secondary N) is 2. The maximum Gasteiger partial charge on any atom is 0.236 e. The first-order valence-electron chi connectivity index (χ1n) is 5.37. The predicted molar refractivity (Wildman–Crippen MR) is 76.5 cm³/mol. The van der Waals surface area contributed by atoms with Crippen molar-refractivity contribution in [2.24, 2.45) is 9.98 Å². The number of hydrogen-bond donors (Lipinski definition) is 2. The molecule has 0 spiro atoms. The van der Waals surface area contributed by atoms with Crippen LogP contribution in [0.25, 0.3) is 0 Å². The number of anilines is 1. The maximum absolute atomic E-state index is 6.00. The molecule has 0 bridgehead atoms. The van der Waals surface area contributed by atoms with Gasteiger partial charge in [-0.25, -0.2) is 10.4 Å². The average molecular weight is 286 g/mol. The quantitative estimate of drug-likeness (QED) is 0.820. The number of guanidine groups is 1. The summed E-state index contributed by atoms with van der Waals surface area (Å²) in [4.78, 5) is 10.6. The highest BCUT2D eigenvalue weighted by molar-refractivity contribution is 6.42. The molecule has 96 valence electrons. The third-order valence-electron chi connectivity index (χ3n) is 2.47. The van der Waals surface area contributed by atoms with Crippen molar-refractivity contribution < 1.29 is 0 Å². The molecule has 1 heterocycles. The number of rotatable bonds is 2. The molecule has 2 rings (SSSR count). The van der Waals surface area contributed by atoms with Gasteiger partial charge in [0, 0.05) is 12.7 Å². The molecule has 5 nitrogen and oxygen atoms in total. The Morgan fingerprint density at radius 2 is 2.06 bits per heavy atom. The predicted octanol–water partition coefficient (Wildman–Crippen LogP) is 2.27. The number of nitrogens with zero attached hydrogens (tertiary/aromatic N) is 3. The van der Waals surface area contributed by atoms with Gasteiger partial charge < -0.3 is 4.90 Å². The van der Waals surface area contributed by atoms with Crippen molar-refractivity contribution in [1.29, 1.82) is 0 Å². The number of benzene rings is 1. The first-order chi connectivity index (χ1) is 8.61. The van der Waals surface area contributed by atoms with Crippen LogP contribution in [0.1, 0.15) is 6.92 Å². The second-order valence-electron chi connectivity index (χ2n) is 3.68. The van der Waals surface area contributed by atoms with Crippen LogP contribution < -0.4 is 15.8 Å². The molecule has 1 aromatic carbocycles. The van der Waals surface area contributed by atoms with Crippen molar-refractivity contribution >= 4 is 40.7 Å². The summed E-state index contributed by atoms with van der Waals surface area (Å²) in [5, 5.41) is 1.05. The Morgan fingerprint density at radius 1 is 1.28 bits per heavy atom. The number of amidine groups is 1. The fraction of sp³-hybridized carbons (Fsp3) is 0.273. The molecule has 0 unspecified atom stereocenters. The fourth-order valence-corrected chi connectivity index (χ4v) is 1.88.